The van der Waals surface area contributed by atoms with Gasteiger partial charge in [0, 0.05) is 63.6 Å². The first-order valence-electron chi connectivity index (χ1n) is 13.8. The standard InChI is InChI=1S/C32H39F3N4O/c1-23(2)37-30(40)19-29-22-38(20-25-13-15-36-16-14-25)17-18-39(29)21-24-5-7-26(8-6-24)27-9-11-28(12-10-27)31(3,4)32(33,34)35/h5-16,23,29H,17-22H2,1-4H3,(H,37,40)/t29-/m0/s1. The van der Waals surface area contributed by atoms with E-state index >= 15 is 0 Å². The Balaban J connectivity index is 1.44. The minimum Gasteiger partial charge on any atom is -0.354 e. The van der Waals surface area contributed by atoms with Crippen molar-refractivity contribution in [2.75, 3.05) is 19.6 Å². The van der Waals surface area contributed by atoms with Crippen molar-refractivity contribution in [2.45, 2.75) is 70.9 Å². The highest BCUT2D eigenvalue weighted by Gasteiger charge is 2.48. The van der Waals surface area contributed by atoms with E-state index in [2.05, 4.69) is 32.2 Å². The molecule has 0 spiro atoms. The van der Waals surface area contributed by atoms with E-state index in [1.54, 1.807) is 36.7 Å². The Bertz CT molecular complexity index is 1240. The van der Waals surface area contributed by atoms with Crippen LogP contribution in [0, 0.1) is 0 Å². The van der Waals surface area contributed by atoms with E-state index in [1.807, 2.05) is 38.1 Å². The van der Waals surface area contributed by atoms with Gasteiger partial charge in [-0.05, 0) is 67.6 Å². The van der Waals surface area contributed by atoms with Gasteiger partial charge in [0.05, 0.1) is 5.41 Å². The van der Waals surface area contributed by atoms with Crippen molar-refractivity contribution in [1.82, 2.24) is 20.1 Å². The lowest BCUT2D eigenvalue weighted by atomic mass is 9.83. The summed E-state index contributed by atoms with van der Waals surface area (Å²) in [5.41, 5.74) is 2.52. The summed E-state index contributed by atoms with van der Waals surface area (Å²) in [6.07, 6.45) is -0.265. The third kappa shape index (κ3) is 7.49. The predicted molar refractivity (Wildman–Crippen MR) is 153 cm³/mol. The van der Waals surface area contributed by atoms with Crippen molar-refractivity contribution in [3.8, 4) is 11.1 Å². The second kappa shape index (κ2) is 12.5. The van der Waals surface area contributed by atoms with Gasteiger partial charge in [-0.3, -0.25) is 19.6 Å². The Morgan fingerprint density at radius 2 is 1.48 bits per heavy atom. The highest BCUT2D eigenvalue weighted by Crippen LogP contribution is 2.40. The summed E-state index contributed by atoms with van der Waals surface area (Å²) in [6.45, 7) is 10.5. The van der Waals surface area contributed by atoms with Gasteiger partial charge in [0.1, 0.15) is 0 Å². The number of halogens is 3. The molecule has 1 fully saturated rings. The van der Waals surface area contributed by atoms with Crippen LogP contribution in [0.3, 0.4) is 0 Å². The van der Waals surface area contributed by atoms with Gasteiger partial charge in [0.15, 0.2) is 0 Å². The Kier molecular flexibility index (Phi) is 9.31. The first-order chi connectivity index (χ1) is 18.9. The minimum atomic E-state index is -4.31. The van der Waals surface area contributed by atoms with Crippen molar-refractivity contribution in [3.05, 3.63) is 89.7 Å². The summed E-state index contributed by atoms with van der Waals surface area (Å²) >= 11 is 0. The maximum atomic E-state index is 13.4. The van der Waals surface area contributed by atoms with Crippen LogP contribution in [0.2, 0.25) is 0 Å². The van der Waals surface area contributed by atoms with Crippen molar-refractivity contribution in [1.29, 1.82) is 0 Å². The number of benzene rings is 2. The number of pyridine rings is 1. The van der Waals surface area contributed by atoms with E-state index in [4.69, 9.17) is 0 Å². The largest absolute Gasteiger partial charge is 0.397 e. The molecule has 0 saturated carbocycles. The molecule has 2 heterocycles. The van der Waals surface area contributed by atoms with E-state index in [0.29, 0.717) is 6.42 Å². The molecule has 1 saturated heterocycles. The number of nitrogens with one attached hydrogen (secondary N) is 1. The molecule has 0 unspecified atom stereocenters. The molecular weight excluding hydrogens is 513 g/mol. The predicted octanol–water partition coefficient (Wildman–Crippen LogP) is 6.19. The summed E-state index contributed by atoms with van der Waals surface area (Å²) < 4.78 is 40.3. The monoisotopic (exact) mass is 552 g/mol. The molecule has 1 atom stereocenters. The lowest BCUT2D eigenvalue weighted by Gasteiger charge is -2.41. The molecule has 40 heavy (non-hydrogen) atoms. The number of rotatable bonds is 9. The summed E-state index contributed by atoms with van der Waals surface area (Å²) in [7, 11) is 0. The van der Waals surface area contributed by atoms with Gasteiger partial charge < -0.3 is 5.32 Å². The summed E-state index contributed by atoms with van der Waals surface area (Å²) in [4.78, 5) is 21.6. The average Bonchev–Trinajstić information content (AvgIpc) is 2.90. The van der Waals surface area contributed by atoms with Crippen LogP contribution >= 0.6 is 0 Å². The third-order valence-corrected chi connectivity index (χ3v) is 7.70. The Morgan fingerprint density at radius 1 is 0.900 bits per heavy atom. The number of piperazine rings is 1. The van der Waals surface area contributed by atoms with Gasteiger partial charge >= 0.3 is 6.18 Å². The van der Waals surface area contributed by atoms with Crippen LogP contribution in [-0.2, 0) is 23.3 Å². The minimum absolute atomic E-state index is 0.0586. The van der Waals surface area contributed by atoms with E-state index < -0.39 is 11.6 Å². The van der Waals surface area contributed by atoms with Crippen LogP contribution in [0.1, 0.15) is 50.8 Å². The van der Waals surface area contributed by atoms with E-state index in [9.17, 15) is 18.0 Å². The lowest BCUT2D eigenvalue weighted by molar-refractivity contribution is -0.180. The number of nitrogens with zero attached hydrogens (tertiary/aromatic N) is 3. The van der Waals surface area contributed by atoms with Crippen LogP contribution in [0.25, 0.3) is 11.1 Å². The number of aromatic nitrogens is 1. The average molecular weight is 553 g/mol. The van der Waals surface area contributed by atoms with Gasteiger partial charge in [0.25, 0.3) is 0 Å². The Labute approximate surface area is 235 Å². The molecule has 2 aromatic carbocycles. The molecule has 0 bridgehead atoms. The highest BCUT2D eigenvalue weighted by molar-refractivity contribution is 5.76. The zero-order valence-corrected chi connectivity index (χ0v) is 23.7. The van der Waals surface area contributed by atoms with Crippen LogP contribution in [-0.4, -0.2) is 58.6 Å². The quantitative estimate of drug-likeness (QED) is 0.344. The Morgan fingerprint density at radius 3 is 2.05 bits per heavy atom. The summed E-state index contributed by atoms with van der Waals surface area (Å²) in [5.74, 6) is 0.0586. The molecule has 1 aromatic heterocycles. The maximum absolute atomic E-state index is 13.4. The Hall–Kier alpha value is -3.23. The zero-order valence-electron chi connectivity index (χ0n) is 23.7. The molecule has 5 nitrogen and oxygen atoms in total. The topological polar surface area (TPSA) is 48.5 Å². The van der Waals surface area contributed by atoms with Gasteiger partial charge in [-0.25, -0.2) is 0 Å². The molecular formula is C32H39F3N4O. The molecule has 1 amide bonds. The number of alkyl halides is 3. The van der Waals surface area contributed by atoms with Gasteiger partial charge in [-0.15, -0.1) is 0 Å². The molecule has 0 radical (unpaired) electrons. The second-order valence-electron chi connectivity index (χ2n) is 11.5. The van der Waals surface area contributed by atoms with Crippen molar-refractivity contribution < 1.29 is 18.0 Å². The second-order valence-corrected chi connectivity index (χ2v) is 11.5. The third-order valence-electron chi connectivity index (χ3n) is 7.70. The fourth-order valence-corrected chi connectivity index (χ4v) is 5.12. The number of carbonyl (C=O) groups is 1. The molecule has 8 heteroatoms. The van der Waals surface area contributed by atoms with Crippen LogP contribution in [0.15, 0.2) is 73.1 Å². The smallest absolute Gasteiger partial charge is 0.354 e. The number of amides is 1. The van der Waals surface area contributed by atoms with E-state index in [1.165, 1.54) is 19.4 Å². The SMILES string of the molecule is CC(C)NC(=O)C[C@H]1CN(Cc2ccncc2)CCN1Cc1ccc(-c2ccc(C(C)(C)C(F)(F)F)cc2)cc1. The zero-order chi connectivity index (χ0) is 28.9. The van der Waals surface area contributed by atoms with E-state index in [0.717, 1.165) is 49.4 Å². The fourth-order valence-electron chi connectivity index (χ4n) is 5.12. The lowest BCUT2D eigenvalue weighted by Crippen LogP contribution is -2.53. The highest BCUT2D eigenvalue weighted by atomic mass is 19.4. The van der Waals surface area contributed by atoms with Gasteiger partial charge in [-0.2, -0.15) is 13.2 Å². The van der Waals surface area contributed by atoms with Crippen LogP contribution in [0.5, 0.6) is 0 Å². The van der Waals surface area contributed by atoms with Crippen LogP contribution in [0.4, 0.5) is 13.2 Å². The molecule has 1 aliphatic rings. The molecule has 1 aliphatic heterocycles. The molecule has 0 aliphatic carbocycles. The fraction of sp³-hybridized carbons (Fsp3) is 0.438. The normalized spacial score (nSPS) is 17.2. The summed E-state index contributed by atoms with van der Waals surface area (Å²) in [5, 5.41) is 3.03. The van der Waals surface area contributed by atoms with Crippen molar-refractivity contribution in [3.63, 3.8) is 0 Å². The molecule has 3 aromatic rings. The summed E-state index contributed by atoms with van der Waals surface area (Å²) in [6, 6.07) is 19.0. The van der Waals surface area contributed by atoms with Gasteiger partial charge in [0.2, 0.25) is 5.91 Å². The van der Waals surface area contributed by atoms with Crippen molar-refractivity contribution in [2.24, 2.45) is 0 Å². The maximum Gasteiger partial charge on any atom is 0.397 e. The number of hydrogen-bond donors (Lipinski definition) is 1. The van der Waals surface area contributed by atoms with Crippen LogP contribution < -0.4 is 5.32 Å². The number of hydrogen-bond acceptors (Lipinski definition) is 4. The number of carbonyl (C=O) groups excluding carboxylic acids is 1. The van der Waals surface area contributed by atoms with E-state index in [-0.39, 0.29) is 23.6 Å². The first kappa shape index (κ1) is 29.7. The molecule has 4 rings (SSSR count). The first-order valence-corrected chi connectivity index (χ1v) is 13.8. The molecule has 1 N–H and O–H groups in total. The molecule has 214 valence electrons. The van der Waals surface area contributed by atoms with Gasteiger partial charge in [-0.1, -0.05) is 48.5 Å². The van der Waals surface area contributed by atoms with Crippen molar-refractivity contribution >= 4 is 5.91 Å².